The van der Waals surface area contributed by atoms with Gasteiger partial charge in [-0.1, -0.05) is 96.1 Å². The van der Waals surface area contributed by atoms with Gasteiger partial charge in [0.1, 0.15) is 0 Å². The van der Waals surface area contributed by atoms with Crippen molar-refractivity contribution in [2.45, 2.75) is 14.7 Å². The zero-order valence-corrected chi connectivity index (χ0v) is 19.5. The third-order valence-corrected chi connectivity index (χ3v) is 5.81. The molecule has 0 heterocycles. The molecule has 0 atom stereocenters. The average molecular weight is 441 g/mol. The van der Waals surface area contributed by atoms with Crippen LogP contribution in [0.15, 0.2) is 106 Å². The van der Waals surface area contributed by atoms with Gasteiger partial charge < -0.3 is 10.2 Å². The van der Waals surface area contributed by atoms with Crippen LogP contribution in [0.2, 0.25) is 0 Å². The molecule has 0 amide bonds. The van der Waals surface area contributed by atoms with Gasteiger partial charge in [-0.05, 0) is 45.3 Å². The fourth-order valence-corrected chi connectivity index (χ4v) is 4.29. The van der Waals surface area contributed by atoms with Gasteiger partial charge in [-0.25, -0.2) is 0 Å². The maximum atomic E-state index is 12.6. The van der Waals surface area contributed by atoms with Crippen molar-refractivity contribution in [1.82, 2.24) is 0 Å². The first-order valence-corrected chi connectivity index (χ1v) is 10.0. The minimum absolute atomic E-state index is 0. The molecule has 0 bridgehead atoms. The Labute approximate surface area is 210 Å². The van der Waals surface area contributed by atoms with E-state index >= 15 is 0 Å². The van der Waals surface area contributed by atoms with Crippen LogP contribution in [0.25, 0.3) is 22.3 Å². The van der Waals surface area contributed by atoms with Gasteiger partial charge in [0.05, 0.1) is 0 Å². The van der Waals surface area contributed by atoms with Crippen molar-refractivity contribution >= 4 is 62.1 Å². The number of thiol groups is 1. The van der Waals surface area contributed by atoms with E-state index in [-0.39, 0.29) is 49.2 Å². The fourth-order valence-electron chi connectivity index (χ4n) is 2.98. The fraction of sp³-hybridized carbons (Fsp3) is 0. The second-order valence-electron chi connectivity index (χ2n) is 6.32. The molecule has 0 saturated carbocycles. The minimum atomic E-state index is -0.169. The molecule has 0 N–H and O–H groups in total. The van der Waals surface area contributed by atoms with Crippen molar-refractivity contribution < 1.29 is 10.2 Å². The van der Waals surface area contributed by atoms with Gasteiger partial charge in [0.15, 0.2) is 0 Å². The smallest absolute Gasteiger partial charge is 0.872 e. The molecule has 0 saturated heterocycles. The molecule has 4 aromatic rings. The molecule has 29 heavy (non-hydrogen) atoms. The van der Waals surface area contributed by atoms with Gasteiger partial charge >= 0.3 is 37.7 Å². The van der Waals surface area contributed by atoms with Crippen LogP contribution in [0, 0.1) is 0 Å². The summed E-state index contributed by atoms with van der Waals surface area (Å²) in [6, 6.07) is 28.5. The Morgan fingerprint density at radius 2 is 1.14 bits per heavy atom. The molecule has 0 aliphatic rings. The molecule has 0 aliphatic heterocycles. The standard InChI is InChI=1S/C24H18O2S2.Ca/c25-20-12-11-18(16-7-3-1-4-8-16)14-22(20)28-23-15-19(13-21(27)24(23)26)17-9-5-2-6-10-17;/h1-15,25-27H;/q;+2/p-2. The predicted octanol–water partition coefficient (Wildman–Crippen LogP) is 5.23. The van der Waals surface area contributed by atoms with Crippen LogP contribution in [-0.2, 0) is 0 Å². The molecule has 0 radical (unpaired) electrons. The molecule has 0 spiro atoms. The van der Waals surface area contributed by atoms with Crippen molar-refractivity contribution in [3.8, 4) is 33.8 Å². The van der Waals surface area contributed by atoms with E-state index in [9.17, 15) is 10.2 Å². The van der Waals surface area contributed by atoms with Crippen LogP contribution in [0.1, 0.15) is 0 Å². The van der Waals surface area contributed by atoms with Crippen molar-refractivity contribution in [3.05, 3.63) is 91.0 Å². The summed E-state index contributed by atoms with van der Waals surface area (Å²) in [7, 11) is 0. The quantitative estimate of drug-likeness (QED) is 0.349. The molecular formula is C24H16CaO2S2. The summed E-state index contributed by atoms with van der Waals surface area (Å²) in [5.74, 6) is -0.271. The summed E-state index contributed by atoms with van der Waals surface area (Å²) in [4.78, 5) is 1.39. The van der Waals surface area contributed by atoms with Crippen LogP contribution < -0.4 is 10.2 Å². The van der Waals surface area contributed by atoms with E-state index in [1.54, 1.807) is 12.1 Å². The van der Waals surface area contributed by atoms with Gasteiger partial charge in [0.25, 0.3) is 0 Å². The Kier molecular flexibility index (Phi) is 7.60. The van der Waals surface area contributed by atoms with Crippen molar-refractivity contribution in [3.63, 3.8) is 0 Å². The van der Waals surface area contributed by atoms with E-state index in [4.69, 9.17) is 0 Å². The van der Waals surface area contributed by atoms with Gasteiger partial charge in [-0.3, -0.25) is 0 Å². The molecule has 4 aromatic carbocycles. The van der Waals surface area contributed by atoms with Gasteiger partial charge in [0.2, 0.25) is 0 Å². The Hall–Kier alpha value is -1.56. The molecule has 0 unspecified atom stereocenters. The van der Waals surface area contributed by atoms with Gasteiger partial charge in [-0.2, -0.15) is 0 Å². The molecule has 5 heteroatoms. The summed E-state index contributed by atoms with van der Waals surface area (Å²) in [6.07, 6.45) is 0. The topological polar surface area (TPSA) is 46.1 Å². The average Bonchev–Trinajstić information content (AvgIpc) is 2.74. The van der Waals surface area contributed by atoms with Gasteiger partial charge in [0, 0.05) is 9.79 Å². The zero-order chi connectivity index (χ0) is 19.5. The third-order valence-electron chi connectivity index (χ3n) is 4.41. The van der Waals surface area contributed by atoms with Crippen LogP contribution in [0.3, 0.4) is 0 Å². The SMILES string of the molecule is [Ca+2].[O-]c1ccc(-c2ccccc2)cc1Sc1cc(-c2ccccc2)cc(S)c1[O-]. The molecular weight excluding hydrogens is 424 g/mol. The number of hydrogen-bond donors (Lipinski definition) is 1. The maximum absolute atomic E-state index is 12.6. The molecule has 138 valence electrons. The Morgan fingerprint density at radius 1 is 0.586 bits per heavy atom. The molecule has 0 aromatic heterocycles. The summed E-state index contributed by atoms with van der Waals surface area (Å²) < 4.78 is 0. The summed E-state index contributed by atoms with van der Waals surface area (Å²) >= 11 is 5.55. The van der Waals surface area contributed by atoms with E-state index in [0.717, 1.165) is 22.3 Å². The minimum Gasteiger partial charge on any atom is -0.872 e. The van der Waals surface area contributed by atoms with Crippen LogP contribution in [-0.4, -0.2) is 37.7 Å². The Morgan fingerprint density at radius 3 is 1.76 bits per heavy atom. The van der Waals surface area contributed by atoms with Crippen LogP contribution in [0.5, 0.6) is 11.5 Å². The first-order chi connectivity index (χ1) is 13.6. The Balaban J connectivity index is 0.00000240. The molecule has 0 aliphatic carbocycles. The van der Waals surface area contributed by atoms with Crippen molar-refractivity contribution in [2.24, 2.45) is 0 Å². The van der Waals surface area contributed by atoms with Crippen LogP contribution in [0.4, 0.5) is 0 Å². The predicted molar refractivity (Wildman–Crippen MR) is 120 cm³/mol. The largest absolute Gasteiger partial charge is 2.00 e. The van der Waals surface area contributed by atoms with E-state index < -0.39 is 0 Å². The summed E-state index contributed by atoms with van der Waals surface area (Å²) in [5, 5.41) is 25.0. The zero-order valence-electron chi connectivity index (χ0n) is 15.5. The third kappa shape index (κ3) is 5.14. The summed E-state index contributed by atoms with van der Waals surface area (Å²) in [6.45, 7) is 0. The first-order valence-electron chi connectivity index (χ1n) is 8.75. The normalized spacial score (nSPS) is 10.4. The summed E-state index contributed by atoms with van der Waals surface area (Å²) in [5.41, 5.74) is 3.87. The maximum Gasteiger partial charge on any atom is 2.00 e. The van der Waals surface area contributed by atoms with Crippen LogP contribution >= 0.6 is 24.4 Å². The van der Waals surface area contributed by atoms with E-state index in [2.05, 4.69) is 12.6 Å². The molecule has 0 fully saturated rings. The Bertz CT molecular complexity index is 1120. The van der Waals surface area contributed by atoms with Crippen molar-refractivity contribution in [1.29, 1.82) is 0 Å². The second kappa shape index (κ2) is 9.96. The molecule has 4 rings (SSSR count). The number of hydrogen-bond acceptors (Lipinski definition) is 4. The second-order valence-corrected chi connectivity index (χ2v) is 7.88. The monoisotopic (exact) mass is 440 g/mol. The van der Waals surface area contributed by atoms with E-state index in [1.807, 2.05) is 78.9 Å². The van der Waals surface area contributed by atoms with E-state index in [0.29, 0.717) is 14.7 Å². The van der Waals surface area contributed by atoms with Crippen molar-refractivity contribution in [2.75, 3.05) is 0 Å². The number of rotatable bonds is 4. The van der Waals surface area contributed by atoms with Gasteiger partial charge in [-0.15, -0.1) is 12.6 Å². The van der Waals surface area contributed by atoms with E-state index in [1.165, 1.54) is 11.8 Å². The number of benzene rings is 4. The first kappa shape index (κ1) is 22.1. The molecule has 2 nitrogen and oxygen atoms in total.